The van der Waals surface area contributed by atoms with Gasteiger partial charge in [-0.3, -0.25) is 14.4 Å². The first kappa shape index (κ1) is 21.7. The number of aliphatic carboxylic acids is 1. The lowest BCUT2D eigenvalue weighted by atomic mass is 9.90. The monoisotopic (exact) mass is 390 g/mol. The first-order valence-corrected chi connectivity index (χ1v) is 9.65. The number of ether oxygens (including phenoxy) is 1. The standard InChI is InChI=1S/C21H30N2O5/c1-5-6-11-23-17(24)12-16(19(25)22-13-21(2,3)20(26)27)18(23)14-7-9-15(28-4)10-8-14/h7-10,16,18H,5-6,11-13H2,1-4H3,(H,22,25)(H,26,27). The van der Waals surface area contributed by atoms with E-state index in [-0.39, 0.29) is 30.8 Å². The van der Waals surface area contributed by atoms with Crippen LogP contribution in [0.2, 0.25) is 0 Å². The van der Waals surface area contributed by atoms with E-state index in [9.17, 15) is 19.5 Å². The van der Waals surface area contributed by atoms with E-state index in [0.717, 1.165) is 18.4 Å². The molecule has 0 bridgehead atoms. The van der Waals surface area contributed by atoms with Crippen LogP contribution in [0.5, 0.6) is 5.75 Å². The van der Waals surface area contributed by atoms with Crippen molar-refractivity contribution in [3.05, 3.63) is 29.8 Å². The number of carboxylic acid groups (broad SMARTS) is 1. The van der Waals surface area contributed by atoms with Gasteiger partial charge >= 0.3 is 5.97 Å². The molecule has 0 radical (unpaired) electrons. The van der Waals surface area contributed by atoms with Gasteiger partial charge < -0.3 is 20.1 Å². The molecular formula is C21H30N2O5. The summed E-state index contributed by atoms with van der Waals surface area (Å²) in [5, 5.41) is 12.0. The van der Waals surface area contributed by atoms with Crippen molar-refractivity contribution in [2.45, 2.75) is 46.1 Å². The smallest absolute Gasteiger partial charge is 0.310 e. The lowest BCUT2D eigenvalue weighted by molar-refractivity contribution is -0.147. The highest BCUT2D eigenvalue weighted by molar-refractivity contribution is 5.90. The third kappa shape index (κ3) is 4.82. The highest BCUT2D eigenvalue weighted by atomic mass is 16.5. The molecule has 0 spiro atoms. The van der Waals surface area contributed by atoms with Gasteiger partial charge in [0.1, 0.15) is 5.75 Å². The molecule has 1 aliphatic rings. The van der Waals surface area contributed by atoms with Crippen molar-refractivity contribution in [1.82, 2.24) is 10.2 Å². The summed E-state index contributed by atoms with van der Waals surface area (Å²) in [5.74, 6) is -1.17. The number of carboxylic acids is 1. The Bertz CT molecular complexity index is 714. The van der Waals surface area contributed by atoms with Crippen LogP contribution in [0.1, 0.15) is 51.6 Å². The first-order valence-electron chi connectivity index (χ1n) is 9.65. The molecule has 0 aliphatic carbocycles. The van der Waals surface area contributed by atoms with Crippen LogP contribution in [-0.2, 0) is 14.4 Å². The molecule has 2 N–H and O–H groups in total. The van der Waals surface area contributed by atoms with Gasteiger partial charge in [-0.1, -0.05) is 25.5 Å². The Morgan fingerprint density at radius 1 is 1.29 bits per heavy atom. The number of hydrogen-bond donors (Lipinski definition) is 2. The molecule has 7 nitrogen and oxygen atoms in total. The maximum Gasteiger partial charge on any atom is 0.310 e. The second-order valence-corrected chi connectivity index (χ2v) is 7.88. The Hall–Kier alpha value is -2.57. The predicted octanol–water partition coefficient (Wildman–Crippen LogP) is 2.61. The normalized spacial score (nSPS) is 19.6. The second kappa shape index (κ2) is 9.08. The van der Waals surface area contributed by atoms with Crippen molar-refractivity contribution in [3.8, 4) is 5.75 Å². The van der Waals surface area contributed by atoms with E-state index in [4.69, 9.17) is 4.74 Å². The lowest BCUT2D eigenvalue weighted by Crippen LogP contribution is -2.42. The average Bonchev–Trinajstić information content (AvgIpc) is 3.00. The van der Waals surface area contributed by atoms with Crippen molar-refractivity contribution >= 4 is 17.8 Å². The molecule has 1 aliphatic heterocycles. The van der Waals surface area contributed by atoms with Gasteiger partial charge in [0, 0.05) is 19.5 Å². The Morgan fingerprint density at radius 3 is 2.46 bits per heavy atom. The number of carbonyl (C=O) groups excluding carboxylic acids is 2. The minimum absolute atomic E-state index is 0.0101. The third-order valence-electron chi connectivity index (χ3n) is 5.26. The summed E-state index contributed by atoms with van der Waals surface area (Å²) in [5.41, 5.74) is -0.198. The fraction of sp³-hybridized carbons (Fsp3) is 0.571. The quantitative estimate of drug-likeness (QED) is 0.676. The summed E-state index contributed by atoms with van der Waals surface area (Å²) in [7, 11) is 1.59. The minimum atomic E-state index is -1.07. The first-order chi connectivity index (χ1) is 13.2. The van der Waals surface area contributed by atoms with Crippen LogP contribution in [-0.4, -0.2) is 48.0 Å². The zero-order chi connectivity index (χ0) is 20.9. The number of nitrogens with one attached hydrogen (secondary N) is 1. The van der Waals surface area contributed by atoms with Crippen molar-refractivity contribution < 1.29 is 24.2 Å². The zero-order valence-corrected chi connectivity index (χ0v) is 17.0. The number of benzene rings is 1. The highest BCUT2D eigenvalue weighted by Crippen LogP contribution is 2.39. The van der Waals surface area contributed by atoms with E-state index in [0.29, 0.717) is 12.3 Å². The minimum Gasteiger partial charge on any atom is -0.497 e. The third-order valence-corrected chi connectivity index (χ3v) is 5.26. The van der Waals surface area contributed by atoms with E-state index in [1.165, 1.54) is 0 Å². The van der Waals surface area contributed by atoms with Gasteiger partial charge in [-0.15, -0.1) is 0 Å². The number of rotatable bonds is 9. The van der Waals surface area contributed by atoms with Gasteiger partial charge in [0.2, 0.25) is 11.8 Å². The van der Waals surface area contributed by atoms with E-state index >= 15 is 0 Å². The molecular weight excluding hydrogens is 360 g/mol. The Kier molecular flexibility index (Phi) is 7.05. The van der Waals surface area contributed by atoms with Crippen molar-refractivity contribution in [3.63, 3.8) is 0 Å². The summed E-state index contributed by atoms with van der Waals surface area (Å²) in [4.78, 5) is 38.6. The summed E-state index contributed by atoms with van der Waals surface area (Å²) in [6.45, 7) is 5.78. The number of carbonyl (C=O) groups is 3. The number of nitrogens with zero attached hydrogens (tertiary/aromatic N) is 1. The van der Waals surface area contributed by atoms with Crippen LogP contribution in [0, 0.1) is 11.3 Å². The molecule has 0 aromatic heterocycles. The van der Waals surface area contributed by atoms with Gasteiger partial charge in [0.05, 0.1) is 24.5 Å². The number of unbranched alkanes of at least 4 members (excludes halogenated alkanes) is 1. The van der Waals surface area contributed by atoms with Crippen molar-refractivity contribution in [2.24, 2.45) is 11.3 Å². The van der Waals surface area contributed by atoms with Crippen LogP contribution < -0.4 is 10.1 Å². The van der Waals surface area contributed by atoms with Crippen LogP contribution in [0.15, 0.2) is 24.3 Å². The maximum atomic E-state index is 12.9. The van der Waals surface area contributed by atoms with Crippen LogP contribution >= 0.6 is 0 Å². The SMILES string of the molecule is CCCCN1C(=O)CC(C(=O)NCC(C)(C)C(=O)O)C1c1ccc(OC)cc1. The largest absolute Gasteiger partial charge is 0.497 e. The second-order valence-electron chi connectivity index (χ2n) is 7.88. The molecule has 2 rings (SSSR count). The molecule has 1 fully saturated rings. The topological polar surface area (TPSA) is 95.9 Å². The van der Waals surface area contributed by atoms with Crippen molar-refractivity contribution in [1.29, 1.82) is 0 Å². The number of amides is 2. The van der Waals surface area contributed by atoms with Crippen LogP contribution in [0.3, 0.4) is 0 Å². The highest BCUT2D eigenvalue weighted by Gasteiger charge is 2.44. The fourth-order valence-corrected chi connectivity index (χ4v) is 3.35. The summed E-state index contributed by atoms with van der Waals surface area (Å²) < 4.78 is 5.20. The Balaban J connectivity index is 2.25. The molecule has 0 saturated carbocycles. The molecule has 154 valence electrons. The van der Waals surface area contributed by atoms with E-state index in [1.807, 2.05) is 24.3 Å². The predicted molar refractivity (Wildman–Crippen MR) is 105 cm³/mol. The van der Waals surface area contributed by atoms with Gasteiger partial charge in [-0.05, 0) is 38.0 Å². The van der Waals surface area contributed by atoms with E-state index in [1.54, 1.807) is 25.9 Å². The summed E-state index contributed by atoms with van der Waals surface area (Å²) in [6.07, 6.45) is 1.93. The number of methoxy groups -OCH3 is 1. The Morgan fingerprint density at radius 2 is 1.93 bits per heavy atom. The van der Waals surface area contributed by atoms with Gasteiger partial charge in [-0.2, -0.15) is 0 Å². The molecule has 7 heteroatoms. The van der Waals surface area contributed by atoms with Crippen LogP contribution in [0.25, 0.3) is 0 Å². The average molecular weight is 390 g/mol. The molecule has 2 atom stereocenters. The lowest BCUT2D eigenvalue weighted by Gasteiger charge is -2.29. The van der Waals surface area contributed by atoms with E-state index in [2.05, 4.69) is 12.2 Å². The molecule has 2 unspecified atom stereocenters. The summed E-state index contributed by atoms with van der Waals surface area (Å²) >= 11 is 0. The van der Waals surface area contributed by atoms with Crippen LogP contribution in [0.4, 0.5) is 0 Å². The molecule has 28 heavy (non-hydrogen) atoms. The van der Waals surface area contributed by atoms with Gasteiger partial charge in [0.25, 0.3) is 0 Å². The molecule has 1 saturated heterocycles. The van der Waals surface area contributed by atoms with Gasteiger partial charge in [0.15, 0.2) is 0 Å². The molecule has 2 amide bonds. The zero-order valence-electron chi connectivity index (χ0n) is 17.0. The Labute approximate surface area is 166 Å². The fourth-order valence-electron chi connectivity index (χ4n) is 3.35. The molecule has 1 aromatic carbocycles. The van der Waals surface area contributed by atoms with Gasteiger partial charge in [-0.25, -0.2) is 0 Å². The molecule has 1 aromatic rings. The molecule has 1 heterocycles. The van der Waals surface area contributed by atoms with E-state index < -0.39 is 17.3 Å². The maximum absolute atomic E-state index is 12.9. The number of likely N-dealkylation sites (tertiary alicyclic amines) is 1. The number of hydrogen-bond acceptors (Lipinski definition) is 4. The summed E-state index contributed by atoms with van der Waals surface area (Å²) in [6, 6.07) is 7.03. The van der Waals surface area contributed by atoms with Crippen molar-refractivity contribution in [2.75, 3.05) is 20.2 Å².